The summed E-state index contributed by atoms with van der Waals surface area (Å²) in [6, 6.07) is 0. The lowest BCUT2D eigenvalue weighted by atomic mass is 10.0. The normalized spacial score (nSPS) is 13.2. The second-order valence-electron chi connectivity index (χ2n) is 27.7. The fourth-order valence-electron chi connectivity index (χ4n) is 11.3. The van der Waals surface area contributed by atoms with Gasteiger partial charge in [-0.1, -0.05) is 367 Å². The van der Waals surface area contributed by atoms with Crippen LogP contribution in [0.5, 0.6) is 0 Å². The van der Waals surface area contributed by atoms with E-state index in [1.807, 2.05) is 21.1 Å². The van der Waals surface area contributed by atoms with Gasteiger partial charge in [0.1, 0.15) is 13.2 Å². The van der Waals surface area contributed by atoms with E-state index in [-0.39, 0.29) is 32.2 Å². The van der Waals surface area contributed by atoms with Crippen molar-refractivity contribution in [2.24, 2.45) is 0 Å². The molecule has 542 valence electrons. The Morgan fingerprint density at radius 3 is 0.904 bits per heavy atom. The van der Waals surface area contributed by atoms with E-state index in [2.05, 4.69) is 123 Å². The van der Waals surface area contributed by atoms with Crippen molar-refractivity contribution in [1.29, 1.82) is 0 Å². The first kappa shape index (κ1) is 90.0. The van der Waals surface area contributed by atoms with Crippen molar-refractivity contribution in [2.45, 2.75) is 367 Å². The molecule has 0 aromatic carbocycles. The third-order valence-electron chi connectivity index (χ3n) is 17.3. The molecule has 0 rings (SSSR count). The molecule has 0 aliphatic rings. The van der Waals surface area contributed by atoms with Gasteiger partial charge in [0, 0.05) is 12.8 Å². The summed E-state index contributed by atoms with van der Waals surface area (Å²) in [6.45, 7) is 4.81. The molecule has 0 radical (unpaired) electrons. The van der Waals surface area contributed by atoms with Gasteiger partial charge in [-0.05, 0) is 83.5 Å². The third kappa shape index (κ3) is 75.3. The van der Waals surface area contributed by atoms with Crippen molar-refractivity contribution in [1.82, 2.24) is 0 Å². The summed E-state index contributed by atoms with van der Waals surface area (Å²) in [5.41, 5.74) is 0. The zero-order valence-electron chi connectivity index (χ0n) is 62.1. The van der Waals surface area contributed by atoms with Crippen LogP contribution in [0.1, 0.15) is 354 Å². The highest BCUT2D eigenvalue weighted by Crippen LogP contribution is 2.19. The van der Waals surface area contributed by atoms with Gasteiger partial charge in [-0.3, -0.25) is 9.59 Å². The minimum absolute atomic E-state index is 0.182. The molecule has 9 heteroatoms. The Morgan fingerprint density at radius 1 is 0.330 bits per heavy atom. The van der Waals surface area contributed by atoms with Crippen LogP contribution < -0.4 is 0 Å². The Bertz CT molecular complexity index is 1920. The lowest BCUT2D eigenvalue weighted by molar-refractivity contribution is -0.870. The van der Waals surface area contributed by atoms with E-state index < -0.39 is 24.3 Å². The molecule has 0 heterocycles. The molecule has 0 aromatic heterocycles. The number of rotatable bonds is 73. The number of carboxylic acids is 1. The van der Waals surface area contributed by atoms with E-state index in [4.69, 9.17) is 18.9 Å². The van der Waals surface area contributed by atoms with Gasteiger partial charge < -0.3 is 28.5 Å². The predicted octanol–water partition coefficient (Wildman–Crippen LogP) is 25.3. The molecule has 2 atom stereocenters. The summed E-state index contributed by atoms with van der Waals surface area (Å²) in [5.74, 6) is -1.99. The molecule has 0 bridgehead atoms. The van der Waals surface area contributed by atoms with Gasteiger partial charge >= 0.3 is 17.9 Å². The highest BCUT2D eigenvalue weighted by atomic mass is 16.7. The fraction of sp³-hybridized carbons (Fsp3) is 0.753. The molecule has 0 amide bonds. The van der Waals surface area contributed by atoms with Crippen LogP contribution in [0, 0.1) is 0 Å². The average Bonchev–Trinajstić information content (AvgIpc) is 3.42. The lowest BCUT2D eigenvalue weighted by Crippen LogP contribution is -2.40. The first-order valence-electron chi connectivity index (χ1n) is 39.6. The minimum Gasteiger partial charge on any atom is -0.477 e. The van der Waals surface area contributed by atoms with Crippen LogP contribution in [-0.4, -0.2) is 87.4 Å². The third-order valence-corrected chi connectivity index (χ3v) is 17.3. The van der Waals surface area contributed by atoms with E-state index in [1.165, 1.54) is 225 Å². The highest BCUT2D eigenvalue weighted by molar-refractivity contribution is 5.71. The number of nitrogens with zero attached hydrogens (tertiary/aromatic N) is 1. The van der Waals surface area contributed by atoms with Gasteiger partial charge in [0.2, 0.25) is 0 Å². The monoisotopic (exact) mass is 1310 g/mol. The van der Waals surface area contributed by atoms with Crippen LogP contribution >= 0.6 is 0 Å². The van der Waals surface area contributed by atoms with Crippen LogP contribution in [0.4, 0.5) is 0 Å². The number of esters is 2. The second-order valence-corrected chi connectivity index (χ2v) is 27.7. The number of allylic oxidation sites excluding steroid dienone is 18. The second kappa shape index (κ2) is 74.7. The molecule has 1 N–H and O–H groups in total. The Labute approximate surface area is 581 Å². The van der Waals surface area contributed by atoms with Crippen LogP contribution in [0.25, 0.3) is 0 Å². The maximum Gasteiger partial charge on any atom is 0.361 e. The van der Waals surface area contributed by atoms with Crippen molar-refractivity contribution in [3.05, 3.63) is 109 Å². The van der Waals surface area contributed by atoms with Gasteiger partial charge in [-0.25, -0.2) is 4.79 Å². The Morgan fingerprint density at radius 2 is 0.606 bits per heavy atom. The van der Waals surface area contributed by atoms with Gasteiger partial charge in [0.25, 0.3) is 6.29 Å². The summed E-state index contributed by atoms with van der Waals surface area (Å²) in [6.07, 6.45) is 102. The molecule has 2 unspecified atom stereocenters. The maximum absolute atomic E-state index is 13.0. The summed E-state index contributed by atoms with van der Waals surface area (Å²) < 4.78 is 23.0. The van der Waals surface area contributed by atoms with Gasteiger partial charge in [-0.15, -0.1) is 0 Å². The quantitative estimate of drug-likeness (QED) is 0.0211. The van der Waals surface area contributed by atoms with Gasteiger partial charge in [0.05, 0.1) is 34.4 Å². The molecular formula is C85H150NO8+. The SMILES string of the molecule is CC/C=C\C/C=C\C/C=C\C/C=C\C/C=C\C/C=C\C/C=C\C/C=C\C/C=C\CCCCCCCCCCCCCCCC(=O)OC(COC(=O)CCCCCCCCCCCCCCCCCCCCCCCCCCCCCC)COC(OCC[N+](C)(C)C)C(=O)O. The molecular weight excluding hydrogens is 1160 g/mol. The smallest absolute Gasteiger partial charge is 0.361 e. The van der Waals surface area contributed by atoms with Gasteiger partial charge in [0.15, 0.2) is 6.10 Å². The number of carbonyl (C=O) groups is 3. The molecule has 0 saturated heterocycles. The summed E-state index contributed by atoms with van der Waals surface area (Å²) in [4.78, 5) is 37.7. The van der Waals surface area contributed by atoms with Crippen molar-refractivity contribution < 1.29 is 42.9 Å². The van der Waals surface area contributed by atoms with Crippen LogP contribution in [0.3, 0.4) is 0 Å². The zero-order valence-corrected chi connectivity index (χ0v) is 62.1. The molecule has 0 fully saturated rings. The van der Waals surface area contributed by atoms with E-state index in [0.29, 0.717) is 17.4 Å². The number of aliphatic carboxylic acids is 1. The van der Waals surface area contributed by atoms with Crippen molar-refractivity contribution in [2.75, 3.05) is 47.5 Å². The fourth-order valence-corrected chi connectivity index (χ4v) is 11.3. The number of unbranched alkanes of at least 4 members (excludes halogenated alkanes) is 40. The van der Waals surface area contributed by atoms with E-state index in [9.17, 15) is 19.5 Å². The summed E-state index contributed by atoms with van der Waals surface area (Å²) in [5, 5.41) is 9.77. The van der Waals surface area contributed by atoms with Crippen molar-refractivity contribution >= 4 is 17.9 Å². The number of likely N-dealkylation sites (N-methyl/N-ethyl adjacent to an activating group) is 1. The number of carbonyl (C=O) groups excluding carboxylic acids is 2. The topological polar surface area (TPSA) is 108 Å². The Hall–Kier alpha value is -4.05. The number of quaternary nitrogens is 1. The maximum atomic E-state index is 13.0. The average molecular weight is 1310 g/mol. The Balaban J connectivity index is 4.05. The van der Waals surface area contributed by atoms with Crippen molar-refractivity contribution in [3.63, 3.8) is 0 Å². The molecule has 0 spiro atoms. The first-order valence-corrected chi connectivity index (χ1v) is 39.6. The first-order chi connectivity index (χ1) is 46.1. The number of hydrogen-bond acceptors (Lipinski definition) is 7. The molecule has 0 aliphatic carbocycles. The molecule has 0 saturated carbocycles. The molecule has 94 heavy (non-hydrogen) atoms. The molecule has 9 nitrogen and oxygen atoms in total. The minimum atomic E-state index is -1.51. The predicted molar refractivity (Wildman–Crippen MR) is 405 cm³/mol. The van der Waals surface area contributed by atoms with E-state index in [0.717, 1.165) is 103 Å². The highest BCUT2D eigenvalue weighted by Gasteiger charge is 2.25. The Kier molecular flexibility index (Phi) is 71.5. The van der Waals surface area contributed by atoms with Crippen LogP contribution in [-0.2, 0) is 33.3 Å². The lowest BCUT2D eigenvalue weighted by Gasteiger charge is -2.25. The summed E-state index contributed by atoms with van der Waals surface area (Å²) >= 11 is 0. The van der Waals surface area contributed by atoms with Crippen molar-refractivity contribution in [3.8, 4) is 0 Å². The van der Waals surface area contributed by atoms with Crippen LogP contribution in [0.15, 0.2) is 109 Å². The number of hydrogen-bond donors (Lipinski definition) is 1. The zero-order chi connectivity index (χ0) is 68.2. The summed E-state index contributed by atoms with van der Waals surface area (Å²) in [7, 11) is 5.99. The molecule has 0 aromatic rings. The standard InChI is InChI=1S/C85H149NO8/c1-6-8-10-12-14-16-18-20-22-24-26-28-30-32-34-36-37-38-39-40-41-42-43-44-45-46-47-48-50-52-54-56-58-60-62-64-66-68-70-72-74-76-83(88)94-81(80-93-85(84(89)90)91-78-77-86(3,4)5)79-92-82(87)75-73-71-69-67-65-63-61-59-57-55-53-51-49-35-33-31-29-27-25-23-21-19-17-15-13-11-9-7-2/h8,10,14,16,20,22,26,28,32,34,37-38,40-41,43-44,46-47,81,85H,6-7,9,11-13,15,17-19,21,23-25,27,29-31,33,35-36,39,42,45,48-80H2,1-5H3/p+1/b10-8-,16-14-,22-20-,28-26-,34-32-,38-37-,41-40-,44-43-,47-46-. The molecule has 0 aliphatic heterocycles. The van der Waals surface area contributed by atoms with Gasteiger partial charge in [-0.2, -0.15) is 0 Å². The largest absolute Gasteiger partial charge is 0.477 e. The van der Waals surface area contributed by atoms with Crippen LogP contribution in [0.2, 0.25) is 0 Å². The van der Waals surface area contributed by atoms with E-state index in [1.54, 1.807) is 0 Å². The number of carboxylic acid groups (broad SMARTS) is 1. The number of ether oxygens (including phenoxy) is 4. The van der Waals surface area contributed by atoms with E-state index >= 15 is 0 Å².